The lowest BCUT2D eigenvalue weighted by atomic mass is 10.1. The van der Waals surface area contributed by atoms with Gasteiger partial charge in [0.05, 0.1) is 5.92 Å². The van der Waals surface area contributed by atoms with Crippen LogP contribution in [0.5, 0.6) is 0 Å². The van der Waals surface area contributed by atoms with Crippen LogP contribution in [-0.4, -0.2) is 49.4 Å². The average molecular weight is 392 g/mol. The third kappa shape index (κ3) is 3.74. The molecule has 0 radical (unpaired) electrons. The van der Waals surface area contributed by atoms with Crippen molar-refractivity contribution in [3.8, 4) is 0 Å². The first-order chi connectivity index (χ1) is 14.0. The Hall–Kier alpha value is -2.82. The fourth-order valence-corrected chi connectivity index (χ4v) is 4.48. The van der Waals surface area contributed by atoms with Crippen molar-refractivity contribution in [2.24, 2.45) is 5.92 Å². The molecule has 2 heterocycles. The number of carbonyl (C=O) groups is 2. The van der Waals surface area contributed by atoms with E-state index >= 15 is 0 Å². The molecule has 29 heavy (non-hydrogen) atoms. The summed E-state index contributed by atoms with van der Waals surface area (Å²) in [7, 11) is 0. The first kappa shape index (κ1) is 19.5. The Morgan fingerprint density at radius 1 is 0.862 bits per heavy atom. The molecule has 0 aliphatic carbocycles. The number of amides is 2. The van der Waals surface area contributed by atoms with Gasteiger partial charge in [-0.2, -0.15) is 0 Å². The van der Waals surface area contributed by atoms with Crippen LogP contribution in [0.3, 0.4) is 0 Å². The molecule has 2 aromatic carbocycles. The standard InChI is InChI=1S/C24H29N3O2/c1-17-8-6-10-22(19(17)3)25-11-13-26(14-12-25)24(29)20-15-23(28)27(16-20)21-9-5-4-7-18(21)2/h4-10,20H,11-16H2,1-3H3. The molecule has 2 aliphatic heterocycles. The first-order valence-corrected chi connectivity index (χ1v) is 10.4. The van der Waals surface area contributed by atoms with Crippen LogP contribution < -0.4 is 9.80 Å². The van der Waals surface area contributed by atoms with Crippen molar-refractivity contribution in [1.29, 1.82) is 0 Å². The maximum atomic E-state index is 13.1. The fourth-order valence-electron chi connectivity index (χ4n) is 4.48. The van der Waals surface area contributed by atoms with E-state index in [9.17, 15) is 9.59 Å². The molecule has 2 saturated heterocycles. The molecule has 0 aromatic heterocycles. The lowest BCUT2D eigenvalue weighted by Gasteiger charge is -2.38. The Balaban J connectivity index is 1.40. The zero-order chi connectivity index (χ0) is 20.5. The topological polar surface area (TPSA) is 43.9 Å². The molecule has 1 atom stereocenters. The maximum Gasteiger partial charge on any atom is 0.228 e. The van der Waals surface area contributed by atoms with Crippen LogP contribution in [0.2, 0.25) is 0 Å². The van der Waals surface area contributed by atoms with E-state index in [4.69, 9.17) is 0 Å². The summed E-state index contributed by atoms with van der Waals surface area (Å²) in [4.78, 5) is 31.8. The second-order valence-corrected chi connectivity index (χ2v) is 8.22. The average Bonchev–Trinajstić information content (AvgIpc) is 3.11. The van der Waals surface area contributed by atoms with Crippen LogP contribution in [0, 0.1) is 26.7 Å². The van der Waals surface area contributed by atoms with Crippen molar-refractivity contribution >= 4 is 23.2 Å². The molecule has 1 unspecified atom stereocenters. The van der Waals surface area contributed by atoms with Gasteiger partial charge in [-0.05, 0) is 49.6 Å². The number of rotatable bonds is 3. The number of hydrogen-bond acceptors (Lipinski definition) is 3. The molecule has 152 valence electrons. The monoisotopic (exact) mass is 391 g/mol. The van der Waals surface area contributed by atoms with Gasteiger partial charge in [0.25, 0.3) is 0 Å². The third-order valence-corrected chi connectivity index (χ3v) is 6.39. The first-order valence-electron chi connectivity index (χ1n) is 10.4. The van der Waals surface area contributed by atoms with Crippen molar-refractivity contribution in [2.45, 2.75) is 27.2 Å². The molecule has 2 fully saturated rings. The van der Waals surface area contributed by atoms with Crippen molar-refractivity contribution < 1.29 is 9.59 Å². The normalized spacial score (nSPS) is 19.8. The lowest BCUT2D eigenvalue weighted by Crippen LogP contribution is -2.51. The minimum Gasteiger partial charge on any atom is -0.368 e. The summed E-state index contributed by atoms with van der Waals surface area (Å²) < 4.78 is 0. The predicted octanol–water partition coefficient (Wildman–Crippen LogP) is 3.31. The van der Waals surface area contributed by atoms with Crippen molar-refractivity contribution in [1.82, 2.24) is 4.90 Å². The molecule has 0 saturated carbocycles. The molecule has 5 nitrogen and oxygen atoms in total. The second kappa shape index (κ2) is 7.90. The van der Waals surface area contributed by atoms with Gasteiger partial charge in [0, 0.05) is 50.5 Å². The van der Waals surface area contributed by atoms with E-state index in [1.165, 1.54) is 16.8 Å². The van der Waals surface area contributed by atoms with Crippen molar-refractivity contribution in [3.63, 3.8) is 0 Å². The van der Waals surface area contributed by atoms with Crippen molar-refractivity contribution in [3.05, 3.63) is 59.2 Å². The largest absolute Gasteiger partial charge is 0.368 e. The summed E-state index contributed by atoms with van der Waals surface area (Å²) in [5.41, 5.74) is 5.85. The van der Waals surface area contributed by atoms with Gasteiger partial charge in [0.15, 0.2) is 0 Å². The van der Waals surface area contributed by atoms with Gasteiger partial charge in [0.2, 0.25) is 11.8 Å². The summed E-state index contributed by atoms with van der Waals surface area (Å²) in [5, 5.41) is 0. The molecule has 2 amide bonds. The number of nitrogens with zero attached hydrogens (tertiary/aromatic N) is 3. The zero-order valence-corrected chi connectivity index (χ0v) is 17.5. The number of piperazine rings is 1. The minimum atomic E-state index is -0.241. The van der Waals surface area contributed by atoms with Gasteiger partial charge >= 0.3 is 0 Å². The van der Waals surface area contributed by atoms with Gasteiger partial charge in [0.1, 0.15) is 0 Å². The van der Waals surface area contributed by atoms with Gasteiger partial charge in [-0.15, -0.1) is 0 Å². The highest BCUT2D eigenvalue weighted by molar-refractivity contribution is 6.00. The third-order valence-electron chi connectivity index (χ3n) is 6.39. The van der Waals surface area contributed by atoms with Crippen LogP contribution in [0.1, 0.15) is 23.1 Å². The number of aryl methyl sites for hydroxylation is 2. The molecular weight excluding hydrogens is 362 g/mol. The molecule has 0 N–H and O–H groups in total. The Kier molecular flexibility index (Phi) is 5.31. The summed E-state index contributed by atoms with van der Waals surface area (Å²) in [5.74, 6) is -0.0731. The summed E-state index contributed by atoms with van der Waals surface area (Å²) in [6, 6.07) is 14.3. The number of anilines is 2. The van der Waals surface area contributed by atoms with Crippen LogP contribution in [0.15, 0.2) is 42.5 Å². The van der Waals surface area contributed by atoms with Crippen LogP contribution in [0.4, 0.5) is 11.4 Å². The maximum absolute atomic E-state index is 13.1. The molecule has 2 aromatic rings. The molecule has 5 heteroatoms. The number of hydrogen-bond donors (Lipinski definition) is 0. The number of benzene rings is 2. The SMILES string of the molecule is Cc1ccccc1N1CC(C(=O)N2CCN(c3cccc(C)c3C)CC2)CC1=O. The predicted molar refractivity (Wildman–Crippen MR) is 116 cm³/mol. The Morgan fingerprint density at radius 3 is 2.24 bits per heavy atom. The smallest absolute Gasteiger partial charge is 0.228 e. The highest BCUT2D eigenvalue weighted by atomic mass is 16.2. The quantitative estimate of drug-likeness (QED) is 0.806. The van der Waals surface area contributed by atoms with Gasteiger partial charge < -0.3 is 14.7 Å². The number of para-hydroxylation sites is 1. The van der Waals surface area contributed by atoms with E-state index < -0.39 is 0 Å². The molecule has 0 spiro atoms. The Bertz CT molecular complexity index is 931. The Labute approximate surface area is 172 Å². The fraction of sp³-hybridized carbons (Fsp3) is 0.417. The second-order valence-electron chi connectivity index (χ2n) is 8.22. The molecule has 0 bridgehead atoms. The van der Waals surface area contributed by atoms with E-state index in [1.54, 1.807) is 4.90 Å². The highest BCUT2D eigenvalue weighted by Gasteiger charge is 2.38. The molecular formula is C24H29N3O2. The van der Waals surface area contributed by atoms with E-state index in [0.29, 0.717) is 26.1 Å². The van der Waals surface area contributed by atoms with Crippen LogP contribution in [0.25, 0.3) is 0 Å². The minimum absolute atomic E-state index is 0.0478. The Morgan fingerprint density at radius 2 is 1.52 bits per heavy atom. The highest BCUT2D eigenvalue weighted by Crippen LogP contribution is 2.29. The van der Waals surface area contributed by atoms with Crippen LogP contribution in [-0.2, 0) is 9.59 Å². The lowest BCUT2D eigenvalue weighted by molar-refractivity contribution is -0.136. The van der Waals surface area contributed by atoms with Crippen LogP contribution >= 0.6 is 0 Å². The van der Waals surface area contributed by atoms with E-state index in [-0.39, 0.29) is 17.7 Å². The van der Waals surface area contributed by atoms with E-state index in [2.05, 4.69) is 36.9 Å². The number of carbonyl (C=O) groups excluding carboxylic acids is 2. The molecule has 2 aliphatic rings. The summed E-state index contributed by atoms with van der Waals surface area (Å²) in [6.07, 6.45) is 0.310. The van der Waals surface area contributed by atoms with Crippen molar-refractivity contribution in [2.75, 3.05) is 42.5 Å². The van der Waals surface area contributed by atoms with Gasteiger partial charge in [-0.3, -0.25) is 9.59 Å². The van der Waals surface area contributed by atoms with E-state index in [1.807, 2.05) is 36.1 Å². The van der Waals surface area contributed by atoms with Gasteiger partial charge in [-0.25, -0.2) is 0 Å². The molecule has 4 rings (SSSR count). The summed E-state index contributed by atoms with van der Waals surface area (Å²) in [6.45, 7) is 9.87. The van der Waals surface area contributed by atoms with E-state index in [0.717, 1.165) is 24.3 Å². The van der Waals surface area contributed by atoms with Gasteiger partial charge in [-0.1, -0.05) is 30.3 Å². The zero-order valence-electron chi connectivity index (χ0n) is 17.5. The summed E-state index contributed by atoms with van der Waals surface area (Å²) >= 11 is 0.